The maximum atomic E-state index is 13.2. The van der Waals surface area contributed by atoms with E-state index in [1.165, 1.54) is 83.5 Å². The molecule has 3 aliphatic heterocycles. The molecule has 3 rings (SSSR count). The summed E-state index contributed by atoms with van der Waals surface area (Å²) in [5, 5.41) is 120. The van der Waals surface area contributed by atoms with Crippen LogP contribution >= 0.6 is 0 Å². The van der Waals surface area contributed by atoms with Crippen LogP contribution in [0.1, 0.15) is 187 Å². The zero-order valence-corrected chi connectivity index (χ0v) is 48.3. The Bertz CT molecular complexity index is 1700. The molecule has 17 atom stereocenters. The summed E-state index contributed by atoms with van der Waals surface area (Å²) in [6.07, 6.45) is 24.2. The number of carbonyl (C=O) groups is 1. The van der Waals surface area contributed by atoms with E-state index in [0.717, 1.165) is 77.0 Å². The van der Waals surface area contributed by atoms with Gasteiger partial charge in [-0.3, -0.25) is 4.79 Å². The second-order valence-electron chi connectivity index (χ2n) is 21.8. The van der Waals surface area contributed by atoms with Gasteiger partial charge in [-0.05, 0) is 57.8 Å². The summed E-state index contributed by atoms with van der Waals surface area (Å²) >= 11 is 0. The molecule has 3 saturated heterocycles. The minimum atomic E-state index is -1.98. The molecular weight excluding hydrogens is 1030 g/mol. The molecule has 0 aliphatic carbocycles. The minimum absolute atomic E-state index is 0.240. The number of amides is 1. The van der Waals surface area contributed by atoms with E-state index in [2.05, 4.69) is 67.8 Å². The van der Waals surface area contributed by atoms with Gasteiger partial charge >= 0.3 is 0 Å². The van der Waals surface area contributed by atoms with Gasteiger partial charge in [-0.2, -0.15) is 0 Å². The normalized spacial score (nSPS) is 30.4. The molecule has 0 radical (unpaired) electrons. The van der Waals surface area contributed by atoms with Gasteiger partial charge in [0.1, 0.15) is 73.2 Å². The fraction of sp³-hybridized carbons (Fsp3) is 0.820. The van der Waals surface area contributed by atoms with E-state index < -0.39 is 124 Å². The van der Waals surface area contributed by atoms with Crippen LogP contribution in [0.25, 0.3) is 0 Å². The number of allylic oxidation sites excluding steroid dienone is 9. The number of ether oxygens (including phenoxy) is 6. The van der Waals surface area contributed by atoms with E-state index in [0.29, 0.717) is 6.42 Å². The molecule has 80 heavy (non-hydrogen) atoms. The summed E-state index contributed by atoms with van der Waals surface area (Å²) in [7, 11) is 0. The van der Waals surface area contributed by atoms with Crippen LogP contribution in [0.2, 0.25) is 0 Å². The van der Waals surface area contributed by atoms with Crippen LogP contribution in [-0.2, 0) is 33.2 Å². The van der Waals surface area contributed by atoms with Crippen LogP contribution in [0.3, 0.4) is 0 Å². The Morgan fingerprint density at radius 2 is 0.863 bits per heavy atom. The molecule has 0 aromatic rings. The molecule has 1 amide bonds. The highest BCUT2D eigenvalue weighted by Gasteiger charge is 2.53. The number of unbranched alkanes of at least 4 members (excludes halogenated alkanes) is 20. The molecule has 19 nitrogen and oxygen atoms in total. The Morgan fingerprint density at radius 1 is 0.463 bits per heavy atom. The van der Waals surface area contributed by atoms with Crippen molar-refractivity contribution in [1.82, 2.24) is 5.32 Å². The molecule has 0 spiro atoms. The van der Waals surface area contributed by atoms with Crippen molar-refractivity contribution in [2.24, 2.45) is 0 Å². The number of hydrogen-bond acceptors (Lipinski definition) is 18. The van der Waals surface area contributed by atoms with Crippen molar-refractivity contribution in [1.29, 1.82) is 0 Å². The standard InChI is InChI=1S/C61H107NO18/c1-3-5-7-9-11-12-13-14-15-16-17-18-19-20-21-22-23-24-25-26-27-28-29-30-31-32-33-35-37-39-49(67)62-44(45(66)38-36-34-10-8-6-4-2)43-75-59-55(73)52(70)57(47(41-64)77-59)80-61-56(74)53(71)58(48(42-65)78-61)79-60-54(72)51(69)50(68)46(40-63)76-60/h5,7,11-12,14-15,17-18,36,38,44-48,50-61,63-66,68-74H,3-4,6,8-10,13,16,19-35,37,39-43H2,1-2H3,(H,62,67)/b7-5-,12-11-,15-14-,18-17-,38-36+. The number of hydrogen-bond donors (Lipinski definition) is 12. The van der Waals surface area contributed by atoms with Crippen molar-refractivity contribution in [3.05, 3.63) is 60.8 Å². The molecule has 0 bridgehead atoms. The Balaban J connectivity index is 1.34. The lowest BCUT2D eigenvalue weighted by molar-refractivity contribution is -0.379. The molecule has 464 valence electrons. The molecule has 19 heteroatoms. The van der Waals surface area contributed by atoms with Gasteiger partial charge in [0.05, 0.1) is 38.6 Å². The first-order valence-corrected chi connectivity index (χ1v) is 30.5. The van der Waals surface area contributed by atoms with Gasteiger partial charge in [-0.15, -0.1) is 0 Å². The molecule has 17 unspecified atom stereocenters. The first-order valence-electron chi connectivity index (χ1n) is 30.5. The lowest BCUT2D eigenvalue weighted by Gasteiger charge is -2.48. The summed E-state index contributed by atoms with van der Waals surface area (Å²) in [5.74, 6) is -0.284. The zero-order chi connectivity index (χ0) is 58.3. The molecule has 0 aromatic carbocycles. The second kappa shape index (κ2) is 44.0. The van der Waals surface area contributed by atoms with Crippen molar-refractivity contribution < 1.29 is 89.4 Å². The average Bonchev–Trinajstić information content (AvgIpc) is 3.45. The van der Waals surface area contributed by atoms with Crippen molar-refractivity contribution >= 4 is 5.91 Å². The zero-order valence-electron chi connectivity index (χ0n) is 48.3. The van der Waals surface area contributed by atoms with Gasteiger partial charge < -0.3 is 89.9 Å². The number of aliphatic hydroxyl groups excluding tert-OH is 11. The Morgan fingerprint density at radius 3 is 1.35 bits per heavy atom. The number of aliphatic hydroxyl groups is 11. The SMILES string of the molecule is CC/C=C\C/C=C\C/C=C\C/C=C\CCCCCCCCCCCCCCCCCCC(=O)NC(COC1OC(CO)C(OC2OC(CO)C(OC3OC(CO)C(O)C(O)C3O)C(O)C2O)C(O)C1O)C(O)/C=C/CCCCCC. The summed E-state index contributed by atoms with van der Waals surface area (Å²) in [6, 6.07) is -0.970. The third-order valence-corrected chi connectivity index (χ3v) is 15.1. The highest BCUT2D eigenvalue weighted by atomic mass is 16.8. The Kier molecular flexibility index (Phi) is 39.5. The van der Waals surface area contributed by atoms with E-state index >= 15 is 0 Å². The summed E-state index contributed by atoms with van der Waals surface area (Å²) in [5.41, 5.74) is 0. The van der Waals surface area contributed by atoms with E-state index in [4.69, 9.17) is 28.4 Å². The Hall–Kier alpha value is -2.51. The van der Waals surface area contributed by atoms with Crippen LogP contribution < -0.4 is 5.32 Å². The first-order chi connectivity index (χ1) is 38.8. The maximum Gasteiger partial charge on any atom is 0.220 e. The molecule has 3 aliphatic rings. The smallest absolute Gasteiger partial charge is 0.220 e. The molecule has 3 heterocycles. The second-order valence-corrected chi connectivity index (χ2v) is 21.8. The predicted octanol–water partition coefficient (Wildman–Crippen LogP) is 5.65. The number of nitrogens with one attached hydrogen (secondary N) is 1. The van der Waals surface area contributed by atoms with Gasteiger partial charge in [-0.1, -0.05) is 184 Å². The third-order valence-electron chi connectivity index (χ3n) is 15.1. The van der Waals surface area contributed by atoms with E-state index in [-0.39, 0.29) is 18.9 Å². The van der Waals surface area contributed by atoms with E-state index in [9.17, 15) is 61.0 Å². The van der Waals surface area contributed by atoms with Crippen molar-refractivity contribution in [3.63, 3.8) is 0 Å². The number of carbonyl (C=O) groups excluding carboxylic acids is 1. The molecule has 3 fully saturated rings. The molecular formula is C61H107NO18. The maximum absolute atomic E-state index is 13.2. The van der Waals surface area contributed by atoms with Crippen LogP contribution in [0.5, 0.6) is 0 Å². The Labute approximate surface area is 477 Å². The predicted molar refractivity (Wildman–Crippen MR) is 305 cm³/mol. The summed E-state index contributed by atoms with van der Waals surface area (Å²) in [6.45, 7) is 1.50. The van der Waals surface area contributed by atoms with Crippen molar-refractivity contribution in [2.75, 3.05) is 26.4 Å². The average molecular weight is 1140 g/mol. The van der Waals surface area contributed by atoms with Gasteiger partial charge in [0, 0.05) is 6.42 Å². The van der Waals surface area contributed by atoms with E-state index in [1.807, 2.05) is 6.08 Å². The quantitative estimate of drug-likeness (QED) is 0.0259. The highest BCUT2D eigenvalue weighted by molar-refractivity contribution is 5.76. The van der Waals surface area contributed by atoms with Crippen molar-refractivity contribution in [3.8, 4) is 0 Å². The van der Waals surface area contributed by atoms with E-state index in [1.54, 1.807) is 6.08 Å². The fourth-order valence-corrected chi connectivity index (χ4v) is 10.1. The lowest BCUT2D eigenvalue weighted by Crippen LogP contribution is -2.66. The van der Waals surface area contributed by atoms with Gasteiger partial charge in [0.2, 0.25) is 5.91 Å². The topological polar surface area (TPSA) is 307 Å². The van der Waals surface area contributed by atoms with Crippen LogP contribution in [0.15, 0.2) is 60.8 Å². The molecule has 12 N–H and O–H groups in total. The molecule has 0 aromatic heterocycles. The number of rotatable bonds is 44. The van der Waals surface area contributed by atoms with Gasteiger partial charge in [-0.25, -0.2) is 0 Å². The first kappa shape index (κ1) is 71.8. The van der Waals surface area contributed by atoms with Gasteiger partial charge in [0.25, 0.3) is 0 Å². The largest absolute Gasteiger partial charge is 0.394 e. The monoisotopic (exact) mass is 1140 g/mol. The van der Waals surface area contributed by atoms with Gasteiger partial charge in [0.15, 0.2) is 18.9 Å². The fourth-order valence-electron chi connectivity index (χ4n) is 10.1. The van der Waals surface area contributed by atoms with Crippen LogP contribution in [-0.4, -0.2) is 193 Å². The van der Waals surface area contributed by atoms with Crippen LogP contribution in [0.4, 0.5) is 0 Å². The highest BCUT2D eigenvalue weighted by Crippen LogP contribution is 2.33. The minimum Gasteiger partial charge on any atom is -0.394 e. The summed E-state index contributed by atoms with van der Waals surface area (Å²) in [4.78, 5) is 13.2. The summed E-state index contributed by atoms with van der Waals surface area (Å²) < 4.78 is 34.1. The third kappa shape index (κ3) is 27.5. The lowest BCUT2D eigenvalue weighted by atomic mass is 9.96. The van der Waals surface area contributed by atoms with Crippen LogP contribution in [0, 0.1) is 0 Å². The van der Waals surface area contributed by atoms with Crippen molar-refractivity contribution in [2.45, 2.75) is 291 Å². The molecule has 0 saturated carbocycles.